The molecular weight excluding hydrogens is 164 g/mol. The zero-order chi connectivity index (χ0) is 9.61. The third kappa shape index (κ3) is 3.54. The first-order valence-corrected chi connectivity index (χ1v) is 3.39. The van der Waals surface area contributed by atoms with Gasteiger partial charge < -0.3 is 18.9 Å². The Morgan fingerprint density at radius 2 is 1.75 bits per heavy atom. The lowest BCUT2D eigenvalue weighted by atomic mass is 10.3. The summed E-state index contributed by atoms with van der Waals surface area (Å²) in [6.07, 6.45) is -0.754. The highest BCUT2D eigenvalue weighted by atomic mass is 16.8. The second-order valence-corrected chi connectivity index (χ2v) is 2.28. The molecule has 0 aliphatic rings. The van der Waals surface area contributed by atoms with Crippen molar-refractivity contribution in [3.8, 4) is 0 Å². The summed E-state index contributed by atoms with van der Waals surface area (Å²) in [6, 6.07) is 0. The molecule has 0 aliphatic carbocycles. The second-order valence-electron chi connectivity index (χ2n) is 2.28. The van der Waals surface area contributed by atoms with Crippen LogP contribution in [0.5, 0.6) is 0 Å². The molecular formula is C7H14O5. The van der Waals surface area contributed by atoms with Gasteiger partial charge in [0.15, 0.2) is 5.79 Å². The van der Waals surface area contributed by atoms with E-state index in [1.807, 2.05) is 0 Å². The van der Waals surface area contributed by atoms with Gasteiger partial charge in [-0.05, 0) is 6.92 Å². The second kappa shape index (κ2) is 4.95. The van der Waals surface area contributed by atoms with Crippen LogP contribution < -0.4 is 0 Å². The molecule has 5 nitrogen and oxygen atoms in total. The highest BCUT2D eigenvalue weighted by molar-refractivity contribution is 5.59. The molecule has 0 aliphatic heterocycles. The summed E-state index contributed by atoms with van der Waals surface area (Å²) < 4.78 is 18.7. The van der Waals surface area contributed by atoms with E-state index in [9.17, 15) is 4.79 Å². The van der Waals surface area contributed by atoms with Crippen LogP contribution in [0, 0.1) is 0 Å². The Bertz CT molecular complexity index is 141. The normalized spacial score (nSPS) is 11.0. The smallest absolute Gasteiger partial charge is 0.438 e. The van der Waals surface area contributed by atoms with Gasteiger partial charge in [0.2, 0.25) is 0 Å². The van der Waals surface area contributed by atoms with Gasteiger partial charge in [0.1, 0.15) is 6.61 Å². The van der Waals surface area contributed by atoms with Gasteiger partial charge in [0.25, 0.3) is 0 Å². The number of methoxy groups -OCH3 is 3. The molecule has 0 fully saturated rings. The van der Waals surface area contributed by atoms with Crippen LogP contribution in [0.1, 0.15) is 6.92 Å². The molecule has 0 aromatic carbocycles. The zero-order valence-electron chi connectivity index (χ0n) is 7.75. The van der Waals surface area contributed by atoms with Gasteiger partial charge in [0.05, 0.1) is 7.11 Å². The zero-order valence-corrected chi connectivity index (χ0v) is 7.75. The first kappa shape index (κ1) is 11.2. The Labute approximate surface area is 71.5 Å². The van der Waals surface area contributed by atoms with Gasteiger partial charge in [-0.3, -0.25) is 0 Å². The molecule has 0 saturated heterocycles. The molecule has 0 spiro atoms. The van der Waals surface area contributed by atoms with E-state index >= 15 is 0 Å². The quantitative estimate of drug-likeness (QED) is 0.470. The minimum Gasteiger partial charge on any atom is -0.438 e. The average Bonchev–Trinajstić information content (AvgIpc) is 2.13. The molecule has 12 heavy (non-hydrogen) atoms. The summed E-state index contributed by atoms with van der Waals surface area (Å²) in [7, 11) is 4.16. The minimum absolute atomic E-state index is 0.00727. The lowest BCUT2D eigenvalue weighted by molar-refractivity contribution is -0.215. The summed E-state index contributed by atoms with van der Waals surface area (Å²) in [5, 5.41) is 0. The molecule has 72 valence electrons. The fourth-order valence-corrected chi connectivity index (χ4v) is 0.450. The van der Waals surface area contributed by atoms with E-state index in [1.54, 1.807) is 6.92 Å². The Balaban J connectivity index is 3.80. The van der Waals surface area contributed by atoms with Crippen LogP contribution >= 0.6 is 0 Å². The molecule has 5 heteroatoms. The fraction of sp³-hybridized carbons (Fsp3) is 0.857. The van der Waals surface area contributed by atoms with Crippen LogP contribution in [-0.4, -0.2) is 39.9 Å². The summed E-state index contributed by atoms with van der Waals surface area (Å²) in [4.78, 5) is 10.5. The summed E-state index contributed by atoms with van der Waals surface area (Å²) in [5.41, 5.74) is 0. The number of rotatable bonds is 4. The molecule has 0 aromatic heterocycles. The summed E-state index contributed by atoms with van der Waals surface area (Å²) in [6.45, 7) is 1.64. The van der Waals surface area contributed by atoms with Gasteiger partial charge >= 0.3 is 6.16 Å². The largest absolute Gasteiger partial charge is 0.508 e. The number of carbonyl (C=O) groups excluding carboxylic acids is 1. The molecule has 0 unspecified atom stereocenters. The Hall–Kier alpha value is -0.810. The van der Waals surface area contributed by atoms with Crippen molar-refractivity contribution < 1.29 is 23.7 Å². The number of ether oxygens (including phenoxy) is 4. The Morgan fingerprint density at radius 3 is 2.08 bits per heavy atom. The molecule has 0 saturated carbocycles. The predicted molar refractivity (Wildman–Crippen MR) is 40.8 cm³/mol. The molecule has 0 rings (SSSR count). The predicted octanol–water partition coefficient (Wildman–Crippen LogP) is 0.778. The van der Waals surface area contributed by atoms with Gasteiger partial charge in [-0.15, -0.1) is 0 Å². The highest BCUT2D eigenvalue weighted by Gasteiger charge is 2.25. The van der Waals surface area contributed by atoms with E-state index in [1.165, 1.54) is 21.3 Å². The van der Waals surface area contributed by atoms with Crippen LogP contribution in [0.25, 0.3) is 0 Å². The Morgan fingerprint density at radius 1 is 1.25 bits per heavy atom. The van der Waals surface area contributed by atoms with Crippen molar-refractivity contribution in [2.75, 3.05) is 27.9 Å². The van der Waals surface area contributed by atoms with Crippen LogP contribution in [0.15, 0.2) is 0 Å². The standard InChI is InChI=1S/C7H14O5/c1-7(10-3,11-4)5-12-6(8)9-2/h5H2,1-4H3. The van der Waals surface area contributed by atoms with Gasteiger partial charge in [0, 0.05) is 14.2 Å². The van der Waals surface area contributed by atoms with Crippen LogP contribution in [0.4, 0.5) is 4.79 Å². The molecule has 0 atom stereocenters. The van der Waals surface area contributed by atoms with E-state index in [4.69, 9.17) is 9.47 Å². The third-order valence-corrected chi connectivity index (χ3v) is 1.48. The molecule has 0 amide bonds. The van der Waals surface area contributed by atoms with E-state index in [0.717, 1.165) is 0 Å². The van der Waals surface area contributed by atoms with Gasteiger partial charge in [-0.1, -0.05) is 0 Å². The monoisotopic (exact) mass is 178 g/mol. The average molecular weight is 178 g/mol. The van der Waals surface area contributed by atoms with Crippen molar-refractivity contribution in [1.29, 1.82) is 0 Å². The lowest BCUT2D eigenvalue weighted by Gasteiger charge is -2.24. The SMILES string of the molecule is COC(=O)OCC(C)(OC)OC. The summed E-state index contributed by atoms with van der Waals surface area (Å²) >= 11 is 0. The molecule has 0 heterocycles. The van der Waals surface area contributed by atoms with Crippen LogP contribution in [0.2, 0.25) is 0 Å². The van der Waals surface area contributed by atoms with Crippen molar-refractivity contribution in [2.24, 2.45) is 0 Å². The Kier molecular flexibility index (Phi) is 4.61. The third-order valence-electron chi connectivity index (χ3n) is 1.48. The maximum Gasteiger partial charge on any atom is 0.508 e. The summed E-state index contributed by atoms with van der Waals surface area (Å²) in [5.74, 6) is -0.909. The first-order valence-electron chi connectivity index (χ1n) is 3.39. The molecule has 0 aromatic rings. The maximum atomic E-state index is 10.5. The highest BCUT2D eigenvalue weighted by Crippen LogP contribution is 2.09. The van der Waals surface area contributed by atoms with Gasteiger partial charge in [-0.25, -0.2) is 4.79 Å². The fourth-order valence-electron chi connectivity index (χ4n) is 0.450. The molecule has 0 radical (unpaired) electrons. The van der Waals surface area contributed by atoms with E-state index in [0.29, 0.717) is 0 Å². The number of hydrogen-bond donors (Lipinski definition) is 0. The molecule has 0 N–H and O–H groups in total. The lowest BCUT2D eigenvalue weighted by Crippen LogP contribution is -2.36. The van der Waals surface area contributed by atoms with Crippen LogP contribution in [-0.2, 0) is 18.9 Å². The van der Waals surface area contributed by atoms with E-state index in [-0.39, 0.29) is 6.61 Å². The minimum atomic E-state index is -0.909. The topological polar surface area (TPSA) is 54.0 Å². The van der Waals surface area contributed by atoms with E-state index in [2.05, 4.69) is 9.47 Å². The van der Waals surface area contributed by atoms with Crippen molar-refractivity contribution in [3.05, 3.63) is 0 Å². The van der Waals surface area contributed by atoms with Crippen molar-refractivity contribution >= 4 is 6.16 Å². The van der Waals surface area contributed by atoms with Crippen molar-refractivity contribution in [3.63, 3.8) is 0 Å². The van der Waals surface area contributed by atoms with Crippen molar-refractivity contribution in [1.82, 2.24) is 0 Å². The number of carbonyl (C=O) groups is 1. The molecule has 0 bridgehead atoms. The van der Waals surface area contributed by atoms with Gasteiger partial charge in [-0.2, -0.15) is 0 Å². The van der Waals surface area contributed by atoms with E-state index < -0.39 is 11.9 Å². The maximum absolute atomic E-state index is 10.5. The van der Waals surface area contributed by atoms with Crippen LogP contribution in [0.3, 0.4) is 0 Å². The first-order chi connectivity index (χ1) is 5.58. The number of hydrogen-bond acceptors (Lipinski definition) is 5. The van der Waals surface area contributed by atoms with Crippen molar-refractivity contribution in [2.45, 2.75) is 12.7 Å².